The molecule has 1 aromatic carbocycles. The number of ether oxygens (including phenoxy) is 2. The number of aromatic nitrogens is 2. The lowest BCUT2D eigenvalue weighted by molar-refractivity contribution is 0.0945. The molecule has 9 heteroatoms. The first-order valence-corrected chi connectivity index (χ1v) is 10.9. The SMILES string of the molecule is COc1cc(OC)cc(N2CCC(CNC(=O)c3ncsc3Nc3cccnc3)C2)c1. The molecule has 8 nitrogen and oxygen atoms in total. The van der Waals surface area contributed by atoms with Crippen LogP contribution in [0.5, 0.6) is 11.5 Å². The molecule has 1 aliphatic rings. The van der Waals surface area contributed by atoms with E-state index in [1.54, 1.807) is 32.1 Å². The van der Waals surface area contributed by atoms with E-state index in [4.69, 9.17) is 9.47 Å². The lowest BCUT2D eigenvalue weighted by atomic mass is 10.1. The monoisotopic (exact) mass is 439 g/mol. The topological polar surface area (TPSA) is 88.6 Å². The van der Waals surface area contributed by atoms with Gasteiger partial charge in [-0.2, -0.15) is 0 Å². The third kappa shape index (κ3) is 5.05. The zero-order valence-corrected chi connectivity index (χ0v) is 18.3. The van der Waals surface area contributed by atoms with Crippen LogP contribution in [-0.2, 0) is 0 Å². The summed E-state index contributed by atoms with van der Waals surface area (Å²) in [6.07, 6.45) is 4.41. The Kier molecular flexibility index (Phi) is 6.51. The molecule has 31 heavy (non-hydrogen) atoms. The number of rotatable bonds is 8. The van der Waals surface area contributed by atoms with E-state index in [0.717, 1.165) is 42.4 Å². The number of benzene rings is 1. The number of thiazole rings is 1. The Morgan fingerprint density at radius 1 is 1.26 bits per heavy atom. The highest BCUT2D eigenvalue weighted by Gasteiger charge is 2.25. The fourth-order valence-electron chi connectivity index (χ4n) is 3.59. The second-order valence-corrected chi connectivity index (χ2v) is 8.13. The molecule has 2 aromatic heterocycles. The van der Waals surface area contributed by atoms with Crippen LogP contribution in [0.25, 0.3) is 0 Å². The number of anilines is 3. The second-order valence-electron chi connectivity index (χ2n) is 7.28. The van der Waals surface area contributed by atoms with Gasteiger partial charge in [-0.25, -0.2) is 4.98 Å². The minimum atomic E-state index is -0.172. The molecular formula is C22H25N5O3S. The fraction of sp³-hybridized carbons (Fsp3) is 0.318. The summed E-state index contributed by atoms with van der Waals surface area (Å²) in [6, 6.07) is 9.62. The summed E-state index contributed by atoms with van der Waals surface area (Å²) in [4.78, 5) is 23.3. The first-order valence-electron chi connectivity index (χ1n) is 10.0. The number of nitrogens with one attached hydrogen (secondary N) is 2. The van der Waals surface area contributed by atoms with Crippen molar-refractivity contribution in [1.82, 2.24) is 15.3 Å². The third-order valence-electron chi connectivity index (χ3n) is 5.24. The summed E-state index contributed by atoms with van der Waals surface area (Å²) in [5.41, 5.74) is 3.95. The largest absolute Gasteiger partial charge is 0.497 e. The first kappa shape index (κ1) is 20.9. The van der Waals surface area contributed by atoms with E-state index in [-0.39, 0.29) is 5.91 Å². The Hall–Kier alpha value is -3.33. The van der Waals surface area contributed by atoms with Gasteiger partial charge in [0.05, 0.1) is 31.6 Å². The Morgan fingerprint density at radius 3 is 2.77 bits per heavy atom. The fourth-order valence-corrected chi connectivity index (χ4v) is 4.29. The normalized spacial score (nSPS) is 15.5. The van der Waals surface area contributed by atoms with E-state index in [1.165, 1.54) is 11.3 Å². The van der Waals surface area contributed by atoms with Crippen molar-refractivity contribution in [2.24, 2.45) is 5.92 Å². The molecule has 1 saturated heterocycles. The number of methoxy groups -OCH3 is 2. The maximum Gasteiger partial charge on any atom is 0.272 e. The number of hydrogen-bond acceptors (Lipinski definition) is 8. The van der Waals surface area contributed by atoms with Crippen molar-refractivity contribution in [2.45, 2.75) is 6.42 Å². The van der Waals surface area contributed by atoms with Crippen LogP contribution in [-0.4, -0.2) is 49.7 Å². The molecule has 0 bridgehead atoms. The summed E-state index contributed by atoms with van der Waals surface area (Å²) in [7, 11) is 3.30. The molecule has 0 saturated carbocycles. The molecule has 162 valence electrons. The van der Waals surface area contributed by atoms with Crippen molar-refractivity contribution in [2.75, 3.05) is 44.1 Å². The smallest absolute Gasteiger partial charge is 0.272 e. The van der Waals surface area contributed by atoms with Crippen LogP contribution in [0.15, 0.2) is 48.2 Å². The van der Waals surface area contributed by atoms with E-state index in [1.807, 2.05) is 30.3 Å². The molecule has 0 radical (unpaired) electrons. The predicted molar refractivity (Wildman–Crippen MR) is 122 cm³/mol. The van der Waals surface area contributed by atoms with Gasteiger partial charge in [-0.3, -0.25) is 9.78 Å². The highest BCUT2D eigenvalue weighted by molar-refractivity contribution is 7.14. The van der Waals surface area contributed by atoms with Crippen molar-refractivity contribution in [1.29, 1.82) is 0 Å². The van der Waals surface area contributed by atoms with Crippen LogP contribution in [0.1, 0.15) is 16.9 Å². The molecule has 2 N–H and O–H groups in total. The van der Waals surface area contributed by atoms with Gasteiger partial charge < -0.3 is 25.0 Å². The highest BCUT2D eigenvalue weighted by atomic mass is 32.1. The van der Waals surface area contributed by atoms with Crippen molar-refractivity contribution < 1.29 is 14.3 Å². The number of hydrogen-bond donors (Lipinski definition) is 2. The van der Waals surface area contributed by atoms with Crippen molar-refractivity contribution in [3.8, 4) is 11.5 Å². The molecule has 0 aliphatic carbocycles. The van der Waals surface area contributed by atoms with Gasteiger partial charge in [-0.15, -0.1) is 11.3 Å². The molecule has 1 fully saturated rings. The third-order valence-corrected chi connectivity index (χ3v) is 5.98. The summed E-state index contributed by atoms with van der Waals surface area (Å²) >= 11 is 1.39. The van der Waals surface area contributed by atoms with Crippen LogP contribution < -0.4 is 25.0 Å². The van der Waals surface area contributed by atoms with Gasteiger partial charge in [0.15, 0.2) is 5.69 Å². The highest BCUT2D eigenvalue weighted by Crippen LogP contribution is 2.31. The number of pyridine rings is 1. The minimum Gasteiger partial charge on any atom is -0.497 e. The number of carbonyl (C=O) groups is 1. The van der Waals surface area contributed by atoms with E-state index in [0.29, 0.717) is 23.2 Å². The van der Waals surface area contributed by atoms with Crippen LogP contribution >= 0.6 is 11.3 Å². The average molecular weight is 440 g/mol. The van der Waals surface area contributed by atoms with Gasteiger partial charge in [0, 0.05) is 49.7 Å². The minimum absolute atomic E-state index is 0.172. The number of carbonyl (C=O) groups excluding carboxylic acids is 1. The van der Waals surface area contributed by atoms with E-state index >= 15 is 0 Å². The van der Waals surface area contributed by atoms with E-state index < -0.39 is 0 Å². The molecule has 1 aliphatic heterocycles. The zero-order chi connectivity index (χ0) is 21.6. The molecule has 3 heterocycles. The number of amides is 1. The molecule has 1 atom stereocenters. The summed E-state index contributed by atoms with van der Waals surface area (Å²) in [5.74, 6) is 1.72. The number of nitrogens with zero attached hydrogens (tertiary/aromatic N) is 3. The summed E-state index contributed by atoms with van der Waals surface area (Å²) < 4.78 is 10.8. The molecule has 4 rings (SSSR count). The average Bonchev–Trinajstić information content (AvgIpc) is 3.47. The van der Waals surface area contributed by atoms with Gasteiger partial charge in [-0.1, -0.05) is 0 Å². The quantitative estimate of drug-likeness (QED) is 0.555. The van der Waals surface area contributed by atoms with Crippen LogP contribution in [0.4, 0.5) is 16.4 Å². The van der Waals surface area contributed by atoms with Crippen molar-refractivity contribution in [3.63, 3.8) is 0 Å². The lowest BCUT2D eigenvalue weighted by Gasteiger charge is -2.20. The van der Waals surface area contributed by atoms with Gasteiger partial charge in [0.2, 0.25) is 0 Å². The molecular weight excluding hydrogens is 414 g/mol. The summed E-state index contributed by atoms with van der Waals surface area (Å²) in [6.45, 7) is 2.37. The van der Waals surface area contributed by atoms with Gasteiger partial charge in [-0.05, 0) is 24.5 Å². The van der Waals surface area contributed by atoms with E-state index in [2.05, 4.69) is 25.5 Å². The first-order chi connectivity index (χ1) is 15.2. The molecule has 3 aromatic rings. The molecule has 1 amide bonds. The van der Waals surface area contributed by atoms with Crippen LogP contribution in [0, 0.1) is 5.92 Å². The maximum absolute atomic E-state index is 12.7. The molecule has 1 unspecified atom stereocenters. The predicted octanol–water partition coefficient (Wildman–Crippen LogP) is 3.56. The standard InChI is InChI=1S/C22H25N5O3S/c1-29-18-8-17(9-19(10-18)30-2)27-7-5-15(13-27)11-24-21(28)20-22(31-14-25-20)26-16-4-3-6-23-12-16/h3-4,6,8-10,12,14-15,26H,5,7,11,13H2,1-2H3,(H,24,28). The Labute approximate surface area is 185 Å². The zero-order valence-electron chi connectivity index (χ0n) is 17.5. The Bertz CT molecular complexity index is 1000. The summed E-state index contributed by atoms with van der Waals surface area (Å²) in [5, 5.41) is 6.97. The maximum atomic E-state index is 12.7. The van der Waals surface area contributed by atoms with Gasteiger partial charge in [0.25, 0.3) is 5.91 Å². The van der Waals surface area contributed by atoms with Gasteiger partial charge in [0.1, 0.15) is 16.5 Å². The van der Waals surface area contributed by atoms with Gasteiger partial charge >= 0.3 is 0 Å². The lowest BCUT2D eigenvalue weighted by Crippen LogP contribution is -2.31. The van der Waals surface area contributed by atoms with E-state index in [9.17, 15) is 4.79 Å². The molecule has 0 spiro atoms. The van der Waals surface area contributed by atoms with Crippen molar-refractivity contribution >= 4 is 33.6 Å². The van der Waals surface area contributed by atoms with Crippen LogP contribution in [0.3, 0.4) is 0 Å². The second kappa shape index (κ2) is 9.65. The van der Waals surface area contributed by atoms with Crippen molar-refractivity contribution in [3.05, 3.63) is 53.9 Å². The Balaban J connectivity index is 1.34. The Morgan fingerprint density at radius 2 is 2.06 bits per heavy atom. The van der Waals surface area contributed by atoms with Crippen LogP contribution in [0.2, 0.25) is 0 Å².